The Bertz CT molecular complexity index is 1560. The number of Topliss-reactive ketones (excluding diaryl/α,β-unsaturated/α-hetero) is 1. The monoisotopic (exact) mass is 649 g/mol. The minimum atomic E-state index is -0.891. The number of thioether (sulfide) groups is 1. The van der Waals surface area contributed by atoms with Gasteiger partial charge in [-0.05, 0) is 48.9 Å². The quantitative estimate of drug-likeness (QED) is 0.263. The molecular weight excluding hydrogens is 606 g/mol. The van der Waals surface area contributed by atoms with Gasteiger partial charge in [-0.3, -0.25) is 24.0 Å². The van der Waals surface area contributed by atoms with Crippen molar-refractivity contribution < 1.29 is 28.7 Å². The SMILES string of the molecule is CC[C@H]1Cc2c([nH]c3cc(OCc4ccccc4)ccc23)SC[C@@H](C(C)=O)NC(=O)CNC(=O)[C@H]([C@@H](C)CC)NC(=O)CNC1=O. The zero-order valence-electron chi connectivity index (χ0n) is 26.7. The van der Waals surface area contributed by atoms with Crippen molar-refractivity contribution in [3.05, 3.63) is 59.7 Å². The van der Waals surface area contributed by atoms with Crippen molar-refractivity contribution in [3.8, 4) is 5.75 Å². The molecule has 0 saturated heterocycles. The number of carbonyl (C=O) groups is 5. The first-order chi connectivity index (χ1) is 22.1. The number of amides is 4. The van der Waals surface area contributed by atoms with Gasteiger partial charge in [-0.25, -0.2) is 0 Å². The van der Waals surface area contributed by atoms with E-state index >= 15 is 0 Å². The van der Waals surface area contributed by atoms with Crippen LogP contribution < -0.4 is 26.0 Å². The maximum Gasteiger partial charge on any atom is 0.243 e. The van der Waals surface area contributed by atoms with Crippen LogP contribution in [0.3, 0.4) is 0 Å². The Labute approximate surface area is 273 Å². The number of carbonyl (C=O) groups excluding carboxylic acids is 5. The highest BCUT2D eigenvalue weighted by atomic mass is 32.2. The number of aromatic nitrogens is 1. The number of H-pyrrole nitrogens is 1. The van der Waals surface area contributed by atoms with Gasteiger partial charge in [-0.1, -0.05) is 57.5 Å². The van der Waals surface area contributed by atoms with Crippen molar-refractivity contribution in [2.45, 2.75) is 70.7 Å². The van der Waals surface area contributed by atoms with Gasteiger partial charge in [-0.2, -0.15) is 0 Å². The van der Waals surface area contributed by atoms with Gasteiger partial charge in [0, 0.05) is 23.1 Å². The fourth-order valence-corrected chi connectivity index (χ4v) is 6.42. The molecule has 1 aliphatic rings. The second-order valence-electron chi connectivity index (χ2n) is 11.6. The lowest BCUT2D eigenvalue weighted by atomic mass is 9.95. The molecule has 4 rings (SSSR count). The molecule has 1 aromatic heterocycles. The van der Waals surface area contributed by atoms with E-state index in [1.54, 1.807) is 0 Å². The molecule has 11 nitrogen and oxygen atoms in total. The second-order valence-corrected chi connectivity index (χ2v) is 12.7. The zero-order chi connectivity index (χ0) is 33.2. The van der Waals surface area contributed by atoms with E-state index in [-0.39, 0.29) is 36.5 Å². The summed E-state index contributed by atoms with van der Waals surface area (Å²) >= 11 is 1.38. The van der Waals surface area contributed by atoms with Gasteiger partial charge in [0.1, 0.15) is 18.4 Å². The maximum absolute atomic E-state index is 13.3. The van der Waals surface area contributed by atoms with Crippen molar-refractivity contribution in [1.29, 1.82) is 0 Å². The summed E-state index contributed by atoms with van der Waals surface area (Å²) in [5.74, 6) is -1.79. The average molecular weight is 650 g/mol. The number of fused-ring (bicyclic) bond motifs is 3. The number of ketones is 1. The van der Waals surface area contributed by atoms with Crippen molar-refractivity contribution >= 4 is 52.1 Å². The van der Waals surface area contributed by atoms with Gasteiger partial charge in [0.05, 0.1) is 29.7 Å². The van der Waals surface area contributed by atoms with E-state index in [1.165, 1.54) is 18.7 Å². The van der Waals surface area contributed by atoms with Crippen molar-refractivity contribution in [2.75, 3.05) is 18.8 Å². The van der Waals surface area contributed by atoms with Crippen LogP contribution in [0.2, 0.25) is 0 Å². The Morgan fingerprint density at radius 3 is 2.33 bits per heavy atom. The average Bonchev–Trinajstić information content (AvgIpc) is 3.40. The fourth-order valence-electron chi connectivity index (χ4n) is 5.22. The summed E-state index contributed by atoms with van der Waals surface area (Å²) in [7, 11) is 0. The number of ether oxygens (including phenoxy) is 1. The third kappa shape index (κ3) is 9.12. The Balaban J connectivity index is 1.64. The summed E-state index contributed by atoms with van der Waals surface area (Å²) in [6.07, 6.45) is 1.50. The lowest BCUT2D eigenvalue weighted by Gasteiger charge is -2.24. The summed E-state index contributed by atoms with van der Waals surface area (Å²) in [6, 6.07) is 13.9. The first-order valence-corrected chi connectivity index (χ1v) is 16.7. The molecule has 1 aliphatic heterocycles. The largest absolute Gasteiger partial charge is 0.489 e. The molecule has 5 N–H and O–H groups in total. The third-order valence-corrected chi connectivity index (χ3v) is 9.42. The third-order valence-electron chi connectivity index (χ3n) is 8.28. The Morgan fingerprint density at radius 2 is 1.65 bits per heavy atom. The van der Waals surface area contributed by atoms with E-state index in [2.05, 4.69) is 26.3 Å². The van der Waals surface area contributed by atoms with Gasteiger partial charge < -0.3 is 31.0 Å². The van der Waals surface area contributed by atoms with Gasteiger partial charge in [0.25, 0.3) is 0 Å². The van der Waals surface area contributed by atoms with Crippen LogP contribution in [-0.4, -0.2) is 65.3 Å². The summed E-state index contributed by atoms with van der Waals surface area (Å²) in [5, 5.41) is 12.4. The number of nitrogens with one attached hydrogen (secondary N) is 5. The number of hydrogen-bond donors (Lipinski definition) is 5. The highest BCUT2D eigenvalue weighted by Crippen LogP contribution is 2.34. The van der Waals surface area contributed by atoms with E-state index in [0.29, 0.717) is 31.6 Å². The topological polar surface area (TPSA) is 158 Å². The van der Waals surface area contributed by atoms with Crippen LogP contribution in [0, 0.1) is 11.8 Å². The summed E-state index contributed by atoms with van der Waals surface area (Å²) < 4.78 is 6.04. The number of aromatic amines is 1. The Kier molecular flexibility index (Phi) is 12.2. The van der Waals surface area contributed by atoms with Crippen molar-refractivity contribution in [2.24, 2.45) is 11.8 Å². The standard InChI is InChI=1S/C34H43N5O6S/c1-5-20(3)31-33(44)36-16-29(41)37-28(21(4)40)19-46-34-26(14-23(6-2)32(43)35-17-30(42)39-31)25-13-12-24(15-27(25)38-34)45-18-22-10-8-7-9-11-22/h7-13,15,20,23,28,31,38H,5-6,14,16-19H2,1-4H3,(H,35,43)(H,36,44)(H,37,41)(H,39,42)/t20-,23-,28-,31-/m0/s1. The van der Waals surface area contributed by atoms with Crippen molar-refractivity contribution in [1.82, 2.24) is 26.3 Å². The van der Waals surface area contributed by atoms with Gasteiger partial charge in [0.2, 0.25) is 23.6 Å². The molecule has 12 heteroatoms. The normalized spacial score (nSPS) is 21.1. The molecular formula is C34H43N5O6S. The molecule has 0 spiro atoms. The van der Waals surface area contributed by atoms with Gasteiger partial charge >= 0.3 is 0 Å². The Morgan fingerprint density at radius 1 is 0.957 bits per heavy atom. The van der Waals surface area contributed by atoms with Crippen LogP contribution in [0.25, 0.3) is 10.9 Å². The van der Waals surface area contributed by atoms with Gasteiger partial charge in [0.15, 0.2) is 5.78 Å². The molecule has 2 aromatic carbocycles. The zero-order valence-corrected chi connectivity index (χ0v) is 27.6. The summed E-state index contributed by atoms with van der Waals surface area (Å²) in [5.41, 5.74) is 2.75. The summed E-state index contributed by atoms with van der Waals surface area (Å²) in [6.45, 7) is 6.81. The van der Waals surface area contributed by atoms with Crippen LogP contribution in [-0.2, 0) is 37.0 Å². The number of rotatable bonds is 7. The molecule has 46 heavy (non-hydrogen) atoms. The van der Waals surface area contributed by atoms with Crippen LogP contribution in [0.5, 0.6) is 5.75 Å². The predicted molar refractivity (Wildman–Crippen MR) is 177 cm³/mol. The van der Waals surface area contributed by atoms with E-state index in [0.717, 1.165) is 27.1 Å². The molecule has 4 amide bonds. The molecule has 246 valence electrons. The van der Waals surface area contributed by atoms with Crippen LogP contribution in [0.4, 0.5) is 0 Å². The first-order valence-electron chi connectivity index (χ1n) is 15.7. The van der Waals surface area contributed by atoms with Gasteiger partial charge in [-0.15, -0.1) is 11.8 Å². The highest BCUT2D eigenvalue weighted by molar-refractivity contribution is 7.99. The lowest BCUT2D eigenvalue weighted by Crippen LogP contribution is -2.54. The highest BCUT2D eigenvalue weighted by Gasteiger charge is 2.28. The van der Waals surface area contributed by atoms with Crippen LogP contribution in [0.1, 0.15) is 51.7 Å². The maximum atomic E-state index is 13.3. The first kappa shape index (κ1) is 34.6. The second kappa shape index (κ2) is 16.3. The van der Waals surface area contributed by atoms with E-state index in [9.17, 15) is 24.0 Å². The molecule has 2 heterocycles. The smallest absolute Gasteiger partial charge is 0.243 e. The van der Waals surface area contributed by atoms with E-state index < -0.39 is 35.7 Å². The number of benzene rings is 2. The molecule has 0 radical (unpaired) electrons. The molecule has 0 saturated carbocycles. The predicted octanol–water partition coefficient (Wildman–Crippen LogP) is 3.26. The summed E-state index contributed by atoms with van der Waals surface area (Å²) in [4.78, 5) is 68.0. The molecule has 0 bridgehead atoms. The van der Waals surface area contributed by atoms with E-state index in [4.69, 9.17) is 4.74 Å². The van der Waals surface area contributed by atoms with Crippen LogP contribution >= 0.6 is 11.8 Å². The fraction of sp³-hybridized carbons (Fsp3) is 0.441. The number of hydrogen-bond acceptors (Lipinski definition) is 7. The van der Waals surface area contributed by atoms with E-state index in [1.807, 2.05) is 69.3 Å². The molecule has 0 fully saturated rings. The molecule has 0 unspecified atom stereocenters. The van der Waals surface area contributed by atoms with Crippen molar-refractivity contribution in [3.63, 3.8) is 0 Å². The minimum absolute atomic E-state index is 0.220. The molecule has 0 aliphatic carbocycles. The lowest BCUT2D eigenvalue weighted by molar-refractivity contribution is -0.132. The van der Waals surface area contributed by atoms with Crippen LogP contribution in [0.15, 0.2) is 53.6 Å². The minimum Gasteiger partial charge on any atom is -0.489 e. The molecule has 3 aromatic rings. The Hall–Kier alpha value is -4.32. The molecule has 4 atom stereocenters.